The fraction of sp³-hybridized carbons (Fsp3) is 0.533. The van der Waals surface area contributed by atoms with E-state index in [4.69, 9.17) is 4.74 Å². The number of hydrogen-bond acceptors (Lipinski definition) is 6. The van der Waals surface area contributed by atoms with Gasteiger partial charge in [-0.3, -0.25) is 9.59 Å². The minimum Gasteiger partial charge on any atom is -0.468 e. The van der Waals surface area contributed by atoms with Crippen LogP contribution in [0, 0.1) is 5.92 Å². The van der Waals surface area contributed by atoms with Gasteiger partial charge in [0, 0.05) is 4.88 Å². The first-order chi connectivity index (χ1) is 10.5. The summed E-state index contributed by atoms with van der Waals surface area (Å²) >= 11 is 1.44. The van der Waals surface area contributed by atoms with Gasteiger partial charge >= 0.3 is 11.9 Å². The lowest BCUT2D eigenvalue weighted by Crippen LogP contribution is -2.33. The predicted octanol–water partition coefficient (Wildman–Crippen LogP) is 1.32. The summed E-state index contributed by atoms with van der Waals surface area (Å²) < 4.78 is 9.36. The molecule has 0 spiro atoms. The average molecular weight is 325 g/mol. The van der Waals surface area contributed by atoms with Crippen LogP contribution in [-0.4, -0.2) is 38.1 Å². The van der Waals surface area contributed by atoms with E-state index in [1.807, 2.05) is 6.07 Å². The summed E-state index contributed by atoms with van der Waals surface area (Å²) in [6.45, 7) is 1.55. The van der Waals surface area contributed by atoms with Crippen LogP contribution in [0.1, 0.15) is 33.5 Å². The summed E-state index contributed by atoms with van der Waals surface area (Å²) in [6, 6.07) is 1.87. The zero-order chi connectivity index (χ0) is 16.1. The first kappa shape index (κ1) is 16.5. The molecular weight excluding hydrogens is 306 g/mol. The van der Waals surface area contributed by atoms with Crippen LogP contribution in [0.3, 0.4) is 0 Å². The van der Waals surface area contributed by atoms with E-state index in [2.05, 4.69) is 17.0 Å². The number of amides is 1. The van der Waals surface area contributed by atoms with Gasteiger partial charge in [0.25, 0.3) is 5.91 Å². The van der Waals surface area contributed by atoms with Crippen molar-refractivity contribution in [2.24, 2.45) is 5.92 Å². The fourth-order valence-electron chi connectivity index (χ4n) is 2.30. The molecule has 0 aliphatic heterocycles. The lowest BCUT2D eigenvalue weighted by molar-refractivity contribution is -0.141. The molecule has 1 N–H and O–H groups in total. The van der Waals surface area contributed by atoms with E-state index in [9.17, 15) is 14.4 Å². The Morgan fingerprint density at radius 1 is 1.41 bits per heavy atom. The van der Waals surface area contributed by atoms with Gasteiger partial charge in [0.15, 0.2) is 6.61 Å². The molecular formula is C15H19NO5S. The van der Waals surface area contributed by atoms with Crippen molar-refractivity contribution in [3.05, 3.63) is 21.4 Å². The summed E-state index contributed by atoms with van der Waals surface area (Å²) in [7, 11) is 1.23. The van der Waals surface area contributed by atoms with E-state index in [1.165, 1.54) is 28.9 Å². The van der Waals surface area contributed by atoms with Crippen LogP contribution in [0.4, 0.5) is 0 Å². The van der Waals surface area contributed by atoms with E-state index in [1.54, 1.807) is 0 Å². The summed E-state index contributed by atoms with van der Waals surface area (Å²) in [5.41, 5.74) is 1.21. The maximum absolute atomic E-state index is 12.0. The lowest BCUT2D eigenvalue weighted by atomic mass is 9.90. The van der Waals surface area contributed by atoms with Crippen molar-refractivity contribution in [2.75, 3.05) is 20.3 Å². The monoisotopic (exact) mass is 325 g/mol. The molecule has 0 saturated carbocycles. The molecule has 0 bridgehead atoms. The summed E-state index contributed by atoms with van der Waals surface area (Å²) in [5, 5.41) is 2.31. The Kier molecular flexibility index (Phi) is 5.54. The van der Waals surface area contributed by atoms with E-state index >= 15 is 0 Å². The third kappa shape index (κ3) is 4.30. The largest absolute Gasteiger partial charge is 0.468 e. The molecule has 0 unspecified atom stereocenters. The highest BCUT2D eigenvalue weighted by molar-refractivity contribution is 7.14. The molecule has 1 heterocycles. The molecule has 0 saturated heterocycles. The highest BCUT2D eigenvalue weighted by atomic mass is 32.1. The quantitative estimate of drug-likeness (QED) is 0.826. The second-order valence-corrected chi connectivity index (χ2v) is 6.47. The number of methoxy groups -OCH3 is 1. The molecule has 2 rings (SSSR count). The van der Waals surface area contributed by atoms with Gasteiger partial charge in [-0.15, -0.1) is 11.3 Å². The van der Waals surface area contributed by atoms with Crippen LogP contribution in [0.5, 0.6) is 0 Å². The molecule has 1 aliphatic rings. The first-order valence-corrected chi connectivity index (χ1v) is 7.93. The Morgan fingerprint density at radius 2 is 2.18 bits per heavy atom. The zero-order valence-corrected chi connectivity index (χ0v) is 13.5. The van der Waals surface area contributed by atoms with Gasteiger partial charge in [-0.25, -0.2) is 4.79 Å². The minimum atomic E-state index is -0.556. The number of carbonyl (C=O) groups excluding carboxylic acids is 3. The molecule has 1 aromatic rings. The van der Waals surface area contributed by atoms with E-state index in [-0.39, 0.29) is 6.54 Å². The van der Waals surface area contributed by atoms with Crippen molar-refractivity contribution in [1.29, 1.82) is 0 Å². The average Bonchev–Trinajstić information content (AvgIpc) is 2.93. The number of hydrogen-bond donors (Lipinski definition) is 1. The van der Waals surface area contributed by atoms with Crippen LogP contribution in [0.15, 0.2) is 6.07 Å². The number of esters is 2. The standard InChI is InChI=1S/C15H19NO5S/c1-9-3-4-11-10(5-9)6-12(22-11)15(19)21-8-13(17)16-7-14(18)20-2/h6,9H,3-5,7-8H2,1-2H3,(H,16,17)/t9-/m1/s1. The highest BCUT2D eigenvalue weighted by Crippen LogP contribution is 2.32. The second-order valence-electron chi connectivity index (χ2n) is 5.34. The predicted molar refractivity (Wildman–Crippen MR) is 80.8 cm³/mol. The maximum Gasteiger partial charge on any atom is 0.348 e. The fourth-order valence-corrected chi connectivity index (χ4v) is 3.40. The van der Waals surface area contributed by atoms with E-state index in [0.717, 1.165) is 19.3 Å². The lowest BCUT2D eigenvalue weighted by Gasteiger charge is -2.16. The maximum atomic E-state index is 12.0. The van der Waals surface area contributed by atoms with Gasteiger partial charge in [0.1, 0.15) is 11.4 Å². The van der Waals surface area contributed by atoms with Gasteiger partial charge < -0.3 is 14.8 Å². The Labute approximate surface area is 132 Å². The van der Waals surface area contributed by atoms with E-state index < -0.39 is 24.5 Å². The molecule has 1 aromatic heterocycles. The van der Waals surface area contributed by atoms with Crippen LogP contribution in [-0.2, 0) is 31.9 Å². The first-order valence-electron chi connectivity index (χ1n) is 7.11. The van der Waals surface area contributed by atoms with Crippen LogP contribution in [0.25, 0.3) is 0 Å². The SMILES string of the molecule is COC(=O)CNC(=O)COC(=O)c1cc2c(s1)CC[C@@H](C)C2. The van der Waals surface area contributed by atoms with Crippen LogP contribution < -0.4 is 5.32 Å². The van der Waals surface area contributed by atoms with Crippen molar-refractivity contribution >= 4 is 29.2 Å². The molecule has 0 radical (unpaired) electrons. The van der Waals surface area contributed by atoms with Crippen molar-refractivity contribution in [2.45, 2.75) is 26.2 Å². The van der Waals surface area contributed by atoms with E-state index in [0.29, 0.717) is 10.8 Å². The molecule has 120 valence electrons. The molecule has 1 aliphatic carbocycles. The zero-order valence-electron chi connectivity index (χ0n) is 12.6. The Morgan fingerprint density at radius 3 is 2.91 bits per heavy atom. The Hall–Kier alpha value is -1.89. The Bertz CT molecular complexity index is 580. The molecule has 0 fully saturated rings. The van der Waals surface area contributed by atoms with Gasteiger partial charge in [-0.2, -0.15) is 0 Å². The summed E-state index contributed by atoms with van der Waals surface area (Å²) in [4.78, 5) is 36.0. The molecule has 7 heteroatoms. The van der Waals surface area contributed by atoms with Crippen molar-refractivity contribution < 1.29 is 23.9 Å². The minimum absolute atomic E-state index is 0.238. The number of thiophene rings is 1. The van der Waals surface area contributed by atoms with Crippen molar-refractivity contribution in [3.8, 4) is 0 Å². The molecule has 1 atom stereocenters. The number of aryl methyl sites for hydroxylation is 1. The topological polar surface area (TPSA) is 81.7 Å². The highest BCUT2D eigenvalue weighted by Gasteiger charge is 2.21. The third-order valence-electron chi connectivity index (χ3n) is 3.52. The normalized spacial score (nSPS) is 16.5. The number of rotatable bonds is 5. The van der Waals surface area contributed by atoms with Crippen molar-refractivity contribution in [1.82, 2.24) is 5.32 Å². The number of carbonyl (C=O) groups is 3. The molecule has 22 heavy (non-hydrogen) atoms. The number of fused-ring (bicyclic) bond motifs is 1. The summed E-state index contributed by atoms with van der Waals surface area (Å²) in [5.74, 6) is -0.955. The molecule has 1 amide bonds. The van der Waals surface area contributed by atoms with Gasteiger partial charge in [0.2, 0.25) is 0 Å². The smallest absolute Gasteiger partial charge is 0.348 e. The molecule has 6 nitrogen and oxygen atoms in total. The second kappa shape index (κ2) is 7.40. The van der Waals surface area contributed by atoms with Gasteiger partial charge in [0.05, 0.1) is 7.11 Å². The van der Waals surface area contributed by atoms with Gasteiger partial charge in [-0.1, -0.05) is 6.92 Å². The van der Waals surface area contributed by atoms with Crippen LogP contribution in [0.2, 0.25) is 0 Å². The number of nitrogens with one attached hydrogen (secondary N) is 1. The van der Waals surface area contributed by atoms with Crippen molar-refractivity contribution in [3.63, 3.8) is 0 Å². The molecule has 0 aromatic carbocycles. The number of ether oxygens (including phenoxy) is 2. The Balaban J connectivity index is 1.83. The summed E-state index contributed by atoms with van der Waals surface area (Å²) in [6.07, 6.45) is 3.12. The van der Waals surface area contributed by atoms with Crippen LogP contribution >= 0.6 is 11.3 Å². The van der Waals surface area contributed by atoms with Gasteiger partial charge in [-0.05, 0) is 36.8 Å². The third-order valence-corrected chi connectivity index (χ3v) is 4.74.